The molecule has 0 N–H and O–H groups in total. The Hall–Kier alpha value is -7.74. The minimum Gasteiger partial charge on any atom is -0.493 e. The number of rotatable bonds is 20. The van der Waals surface area contributed by atoms with E-state index in [9.17, 15) is 0 Å². The van der Waals surface area contributed by atoms with Crippen molar-refractivity contribution in [3.05, 3.63) is 298 Å². The number of ether oxygens (including phenoxy) is 4. The summed E-state index contributed by atoms with van der Waals surface area (Å²) in [5.41, 5.74) is 11.3. The van der Waals surface area contributed by atoms with Crippen molar-refractivity contribution in [1.29, 1.82) is 0 Å². The van der Waals surface area contributed by atoms with Crippen LogP contribution in [-0.4, -0.2) is 13.2 Å². The van der Waals surface area contributed by atoms with E-state index in [0.29, 0.717) is 52.1 Å². The van der Waals surface area contributed by atoms with Crippen LogP contribution in [0.3, 0.4) is 0 Å². The molecule has 0 amide bonds. The number of fused-ring (bicyclic) bond motifs is 8. The first-order chi connectivity index (χ1) is 39.6. The average Bonchev–Trinajstić information content (AvgIpc) is 3.51. The highest BCUT2D eigenvalue weighted by Gasteiger charge is 2.27. The summed E-state index contributed by atoms with van der Waals surface area (Å²) in [5, 5.41) is 7.77. The Morgan fingerprint density at radius 3 is 0.812 bits per heavy atom. The van der Waals surface area contributed by atoms with E-state index in [1.165, 1.54) is 31.8 Å². The van der Waals surface area contributed by atoms with Crippen molar-refractivity contribution < 1.29 is 18.9 Å². The van der Waals surface area contributed by atoms with Crippen molar-refractivity contribution in [2.24, 2.45) is 0 Å². The third-order valence-electron chi connectivity index (χ3n) is 14.8. The molecule has 8 bridgehead atoms. The molecule has 4 nitrogen and oxygen atoms in total. The summed E-state index contributed by atoms with van der Waals surface area (Å²) in [6.45, 7) is 6.56. The Balaban J connectivity index is 1.19. The molecule has 10 aromatic carbocycles. The minimum absolute atomic E-state index is 0.433. The molecular weight excluding hydrogens is 1010 g/mol. The Kier molecular flexibility index (Phi) is 18.3. The molecule has 0 radical (unpaired) electrons. The Labute approximate surface area is 477 Å². The van der Waals surface area contributed by atoms with Crippen molar-refractivity contribution in [2.75, 3.05) is 13.2 Å². The fourth-order valence-electron chi connectivity index (χ4n) is 10.9. The first kappa shape index (κ1) is 54.2. The van der Waals surface area contributed by atoms with Gasteiger partial charge in [0.15, 0.2) is 0 Å². The van der Waals surface area contributed by atoms with Gasteiger partial charge in [-0.25, -0.2) is 0 Å². The van der Waals surface area contributed by atoms with Gasteiger partial charge in [0.2, 0.25) is 0 Å². The van der Waals surface area contributed by atoms with Crippen molar-refractivity contribution in [3.63, 3.8) is 0 Å². The number of hydrogen-bond donors (Lipinski definition) is 0. The molecule has 0 aliphatic heterocycles. The molecule has 0 saturated heterocycles. The van der Waals surface area contributed by atoms with E-state index in [4.69, 9.17) is 18.9 Å². The van der Waals surface area contributed by atoms with E-state index in [-0.39, 0.29) is 0 Å². The van der Waals surface area contributed by atoms with Crippen molar-refractivity contribution in [2.45, 2.75) is 78.4 Å². The summed E-state index contributed by atoms with van der Waals surface area (Å²) >= 11 is 0. The topological polar surface area (TPSA) is 36.9 Å². The van der Waals surface area contributed by atoms with Gasteiger partial charge in [0.05, 0.1) is 13.2 Å². The molecule has 10 aromatic rings. The van der Waals surface area contributed by atoms with Gasteiger partial charge in [0.25, 0.3) is 0 Å². The van der Waals surface area contributed by atoms with Crippen LogP contribution in [0.4, 0.5) is 0 Å². The zero-order valence-electron chi connectivity index (χ0n) is 46.1. The predicted molar refractivity (Wildman–Crippen MR) is 337 cm³/mol. The molecule has 1 aliphatic carbocycles. The van der Waals surface area contributed by atoms with Crippen LogP contribution in [0.1, 0.15) is 95.2 Å². The third kappa shape index (κ3) is 13.1. The number of para-hydroxylation sites is 2. The molecule has 11 rings (SSSR count). The maximum Gasteiger partial charge on any atom is 0.126 e. The Morgan fingerprint density at radius 1 is 0.275 bits per heavy atom. The lowest BCUT2D eigenvalue weighted by Crippen LogP contribution is -2.22. The summed E-state index contributed by atoms with van der Waals surface area (Å²) in [6, 6.07) is 88.8. The van der Waals surface area contributed by atoms with Crippen LogP contribution in [0.5, 0.6) is 23.0 Å². The van der Waals surface area contributed by atoms with Gasteiger partial charge in [-0.1, -0.05) is 245 Å². The van der Waals surface area contributed by atoms with E-state index < -0.39 is 15.8 Å². The van der Waals surface area contributed by atoms with E-state index >= 15 is 0 Å². The van der Waals surface area contributed by atoms with Crippen LogP contribution in [0, 0.1) is 0 Å². The van der Waals surface area contributed by atoms with Crippen LogP contribution in [-0.2, 0) is 38.9 Å². The molecular formula is C74H70O4P2. The maximum absolute atomic E-state index is 7.28. The van der Waals surface area contributed by atoms with Gasteiger partial charge in [0.1, 0.15) is 36.2 Å². The lowest BCUT2D eigenvalue weighted by atomic mass is 9.91. The highest BCUT2D eigenvalue weighted by molar-refractivity contribution is 7.80. The molecule has 0 unspecified atom stereocenters. The first-order valence-electron chi connectivity index (χ1n) is 28.5. The summed E-state index contributed by atoms with van der Waals surface area (Å²) in [5.74, 6) is 3.71. The van der Waals surface area contributed by atoms with Gasteiger partial charge in [-0.05, 0) is 140 Å². The second-order valence-electron chi connectivity index (χ2n) is 20.7. The van der Waals surface area contributed by atoms with E-state index in [1.54, 1.807) is 0 Å². The quantitative estimate of drug-likeness (QED) is 0.0563. The third-order valence-corrected chi connectivity index (χ3v) is 19.7. The van der Waals surface area contributed by atoms with Gasteiger partial charge in [0, 0.05) is 25.7 Å². The lowest BCUT2D eigenvalue weighted by molar-refractivity contribution is 0.295. The summed E-state index contributed by atoms with van der Waals surface area (Å²) in [7, 11) is -1.94. The second-order valence-corrected chi connectivity index (χ2v) is 25.1. The number of hydrogen-bond acceptors (Lipinski definition) is 4. The van der Waals surface area contributed by atoms with Crippen LogP contribution < -0.4 is 50.8 Å². The maximum atomic E-state index is 7.28. The van der Waals surface area contributed by atoms with Gasteiger partial charge in [-0.2, -0.15) is 0 Å². The van der Waals surface area contributed by atoms with Crippen LogP contribution >= 0.6 is 15.8 Å². The molecule has 0 atom stereocenters. The lowest BCUT2D eigenvalue weighted by Gasteiger charge is -2.26. The molecule has 6 heteroatoms. The molecule has 0 fully saturated rings. The zero-order valence-corrected chi connectivity index (χ0v) is 47.9. The summed E-state index contributed by atoms with van der Waals surface area (Å²) in [6.07, 6.45) is 6.35. The smallest absolute Gasteiger partial charge is 0.126 e. The summed E-state index contributed by atoms with van der Waals surface area (Å²) in [4.78, 5) is 0. The monoisotopic (exact) mass is 1080 g/mol. The standard InChI is InChI=1S/C74H70O4P2/c1-3-5-43-75-73-61-45-57-31-25-33-59(71(57)77-53-55-27-13-7-14-28-55)47-63-51-70(80(67-39-21-11-22-40-67)68-41-23-12-24-42-68)52-64(74(63)76-44-6-4-2)48-60-34-26-32-58(72(60)78-54-56-29-15-8-16-30-56)46-62(73)50-69(49-61)79(65-35-17-9-18-36-65)66-37-19-10-20-38-66/h7-42,49-52H,3-6,43-48,53-54H2,1-2H3. The predicted octanol–water partition coefficient (Wildman–Crippen LogP) is 15.4. The van der Waals surface area contributed by atoms with Crippen LogP contribution in [0.25, 0.3) is 0 Å². The van der Waals surface area contributed by atoms with E-state index in [0.717, 1.165) is 104 Å². The Morgan fingerprint density at radius 2 is 0.537 bits per heavy atom. The van der Waals surface area contributed by atoms with Gasteiger partial charge in [-0.3, -0.25) is 0 Å². The molecule has 400 valence electrons. The van der Waals surface area contributed by atoms with Crippen LogP contribution in [0.2, 0.25) is 0 Å². The van der Waals surface area contributed by atoms with Crippen molar-refractivity contribution >= 4 is 47.7 Å². The van der Waals surface area contributed by atoms with Gasteiger partial charge < -0.3 is 18.9 Å². The second kappa shape index (κ2) is 26.9. The largest absolute Gasteiger partial charge is 0.493 e. The molecule has 0 spiro atoms. The van der Waals surface area contributed by atoms with Crippen LogP contribution in [0.15, 0.2) is 243 Å². The minimum atomic E-state index is -0.970. The highest BCUT2D eigenvalue weighted by Crippen LogP contribution is 2.43. The average molecular weight is 1090 g/mol. The molecule has 0 aromatic heterocycles. The summed E-state index contributed by atoms with van der Waals surface area (Å²) < 4.78 is 28.9. The van der Waals surface area contributed by atoms with Gasteiger partial charge in [-0.15, -0.1) is 0 Å². The molecule has 80 heavy (non-hydrogen) atoms. The number of benzene rings is 10. The molecule has 1 aliphatic rings. The molecule has 0 saturated carbocycles. The molecule has 0 heterocycles. The van der Waals surface area contributed by atoms with Crippen molar-refractivity contribution in [1.82, 2.24) is 0 Å². The van der Waals surface area contributed by atoms with Gasteiger partial charge >= 0.3 is 0 Å². The first-order valence-corrected chi connectivity index (χ1v) is 31.2. The fraction of sp³-hybridized carbons (Fsp3) is 0.189. The normalized spacial score (nSPS) is 12.1. The number of unbranched alkanes of at least 4 members (excludes halogenated alkanes) is 2. The van der Waals surface area contributed by atoms with E-state index in [2.05, 4.69) is 257 Å². The fourth-order valence-corrected chi connectivity index (χ4v) is 15.8. The Bertz CT molecular complexity index is 3170. The van der Waals surface area contributed by atoms with Crippen molar-refractivity contribution in [3.8, 4) is 23.0 Å². The SMILES string of the molecule is CCCCOc1c2cc(P(c3ccccc3)c3ccccc3)cc1Cc1cccc(c1OCc1ccccc1)Cc1cc(P(c3ccccc3)c3ccccc3)cc(c1OCCCC)Cc1cccc(c1OCc1ccccc1)C2. The zero-order chi connectivity index (χ0) is 54.3. The van der Waals surface area contributed by atoms with E-state index in [1.807, 2.05) is 0 Å². The highest BCUT2D eigenvalue weighted by atomic mass is 31.1.